The highest BCUT2D eigenvalue weighted by molar-refractivity contribution is 5.44. The molecule has 0 aliphatic heterocycles. The number of rotatable bonds is 7. The molecule has 4 nitrogen and oxygen atoms in total. The van der Waals surface area contributed by atoms with E-state index in [0.29, 0.717) is 24.7 Å². The van der Waals surface area contributed by atoms with Crippen LogP contribution in [-0.2, 0) is 6.61 Å². The molecule has 0 amide bonds. The lowest BCUT2D eigenvalue weighted by Gasteiger charge is -2.15. The molecule has 0 heterocycles. The van der Waals surface area contributed by atoms with Gasteiger partial charge in [-0.2, -0.15) is 0 Å². The average Bonchev–Trinajstić information content (AvgIpc) is 2.54. The zero-order valence-electron chi connectivity index (χ0n) is 12.2. The standard InChI is InChI=1S/C17H21NO3/c1-2-20-17-10-14(15(18)11-19)8-9-16(17)21-12-13-6-4-3-5-7-13/h3-10,15,19H,2,11-12,18H2,1H3/t15-/m0/s1. The highest BCUT2D eigenvalue weighted by Crippen LogP contribution is 2.30. The lowest BCUT2D eigenvalue weighted by molar-refractivity contribution is 0.262. The van der Waals surface area contributed by atoms with E-state index in [-0.39, 0.29) is 6.61 Å². The van der Waals surface area contributed by atoms with Gasteiger partial charge in [0.15, 0.2) is 11.5 Å². The predicted octanol–water partition coefficient (Wildman–Crippen LogP) is 2.66. The Bertz CT molecular complexity index is 557. The Morgan fingerprint density at radius 1 is 1.05 bits per heavy atom. The van der Waals surface area contributed by atoms with Crippen molar-refractivity contribution in [2.45, 2.75) is 19.6 Å². The van der Waals surface area contributed by atoms with Crippen molar-refractivity contribution in [3.63, 3.8) is 0 Å². The van der Waals surface area contributed by atoms with E-state index in [1.54, 1.807) is 0 Å². The van der Waals surface area contributed by atoms with Crippen molar-refractivity contribution < 1.29 is 14.6 Å². The van der Waals surface area contributed by atoms with Gasteiger partial charge in [-0.3, -0.25) is 0 Å². The third kappa shape index (κ3) is 4.21. The second kappa shape index (κ2) is 7.67. The van der Waals surface area contributed by atoms with Crippen molar-refractivity contribution >= 4 is 0 Å². The molecule has 0 saturated carbocycles. The molecule has 0 unspecified atom stereocenters. The fourth-order valence-electron chi connectivity index (χ4n) is 1.98. The topological polar surface area (TPSA) is 64.7 Å². The largest absolute Gasteiger partial charge is 0.490 e. The first kappa shape index (κ1) is 15.4. The summed E-state index contributed by atoms with van der Waals surface area (Å²) in [6.07, 6.45) is 0. The molecular weight excluding hydrogens is 266 g/mol. The van der Waals surface area contributed by atoms with Gasteiger partial charge < -0.3 is 20.3 Å². The molecule has 0 radical (unpaired) electrons. The van der Waals surface area contributed by atoms with Crippen LogP contribution in [0.2, 0.25) is 0 Å². The van der Waals surface area contributed by atoms with Crippen molar-refractivity contribution in [1.82, 2.24) is 0 Å². The second-order valence-electron chi connectivity index (χ2n) is 4.70. The summed E-state index contributed by atoms with van der Waals surface area (Å²) in [6, 6.07) is 15.0. The van der Waals surface area contributed by atoms with Crippen LogP contribution >= 0.6 is 0 Å². The van der Waals surface area contributed by atoms with E-state index in [1.165, 1.54) is 0 Å². The molecule has 1 atom stereocenters. The van der Waals surface area contributed by atoms with E-state index in [0.717, 1.165) is 11.1 Å². The van der Waals surface area contributed by atoms with E-state index < -0.39 is 6.04 Å². The van der Waals surface area contributed by atoms with Crippen molar-refractivity contribution in [2.75, 3.05) is 13.2 Å². The Labute approximate surface area is 125 Å². The Balaban J connectivity index is 2.14. The smallest absolute Gasteiger partial charge is 0.161 e. The van der Waals surface area contributed by atoms with Gasteiger partial charge in [0.2, 0.25) is 0 Å². The van der Waals surface area contributed by atoms with Crippen LogP contribution in [-0.4, -0.2) is 18.3 Å². The number of ether oxygens (including phenoxy) is 2. The Hall–Kier alpha value is -2.04. The highest BCUT2D eigenvalue weighted by Gasteiger charge is 2.11. The van der Waals surface area contributed by atoms with Crippen molar-refractivity contribution in [1.29, 1.82) is 0 Å². The van der Waals surface area contributed by atoms with Crippen molar-refractivity contribution in [3.05, 3.63) is 59.7 Å². The molecule has 112 valence electrons. The van der Waals surface area contributed by atoms with Gasteiger partial charge in [0.25, 0.3) is 0 Å². The molecule has 2 aromatic carbocycles. The van der Waals surface area contributed by atoms with E-state index in [2.05, 4.69) is 0 Å². The normalized spacial score (nSPS) is 12.0. The molecular formula is C17H21NO3. The first-order chi connectivity index (χ1) is 10.2. The van der Waals surface area contributed by atoms with Crippen LogP contribution in [0, 0.1) is 0 Å². The molecule has 0 saturated heterocycles. The maximum absolute atomic E-state index is 9.13. The molecule has 0 aromatic heterocycles. The second-order valence-corrected chi connectivity index (χ2v) is 4.70. The Kier molecular flexibility index (Phi) is 5.60. The van der Waals surface area contributed by atoms with Crippen LogP contribution in [0.4, 0.5) is 0 Å². The van der Waals surface area contributed by atoms with Crippen LogP contribution < -0.4 is 15.2 Å². The van der Waals surface area contributed by atoms with Gasteiger partial charge in [-0.05, 0) is 30.2 Å². The minimum Gasteiger partial charge on any atom is -0.490 e. The molecule has 2 rings (SSSR count). The molecule has 3 N–H and O–H groups in total. The molecule has 2 aromatic rings. The summed E-state index contributed by atoms with van der Waals surface area (Å²) in [5, 5.41) is 9.13. The first-order valence-electron chi connectivity index (χ1n) is 7.04. The summed E-state index contributed by atoms with van der Waals surface area (Å²) >= 11 is 0. The fraction of sp³-hybridized carbons (Fsp3) is 0.294. The van der Waals surface area contributed by atoms with Crippen LogP contribution in [0.1, 0.15) is 24.1 Å². The third-order valence-corrected chi connectivity index (χ3v) is 3.13. The fourth-order valence-corrected chi connectivity index (χ4v) is 1.98. The van der Waals surface area contributed by atoms with E-state index in [9.17, 15) is 0 Å². The summed E-state index contributed by atoms with van der Waals surface area (Å²) in [7, 11) is 0. The molecule has 4 heteroatoms. The minimum atomic E-state index is -0.410. The molecule has 0 aliphatic rings. The molecule has 0 fully saturated rings. The van der Waals surface area contributed by atoms with Crippen molar-refractivity contribution in [2.24, 2.45) is 5.73 Å². The zero-order chi connectivity index (χ0) is 15.1. The summed E-state index contributed by atoms with van der Waals surface area (Å²) in [5.41, 5.74) is 7.75. The van der Waals surface area contributed by atoms with E-state index >= 15 is 0 Å². The monoisotopic (exact) mass is 287 g/mol. The van der Waals surface area contributed by atoms with Crippen LogP contribution in [0.3, 0.4) is 0 Å². The van der Waals surface area contributed by atoms with Crippen LogP contribution in [0.5, 0.6) is 11.5 Å². The number of aliphatic hydroxyl groups excluding tert-OH is 1. The Morgan fingerprint density at radius 3 is 2.48 bits per heavy atom. The average molecular weight is 287 g/mol. The maximum atomic E-state index is 9.13. The van der Waals surface area contributed by atoms with Crippen LogP contribution in [0.25, 0.3) is 0 Å². The predicted molar refractivity (Wildman–Crippen MR) is 82.4 cm³/mol. The van der Waals surface area contributed by atoms with Crippen molar-refractivity contribution in [3.8, 4) is 11.5 Å². The molecule has 0 spiro atoms. The van der Waals surface area contributed by atoms with Gasteiger partial charge in [-0.25, -0.2) is 0 Å². The van der Waals surface area contributed by atoms with Gasteiger partial charge in [0, 0.05) is 0 Å². The summed E-state index contributed by atoms with van der Waals surface area (Å²) in [6.45, 7) is 2.83. The quantitative estimate of drug-likeness (QED) is 0.821. The summed E-state index contributed by atoms with van der Waals surface area (Å²) < 4.78 is 11.4. The van der Waals surface area contributed by atoms with Gasteiger partial charge in [0.1, 0.15) is 6.61 Å². The maximum Gasteiger partial charge on any atom is 0.161 e. The minimum absolute atomic E-state index is 0.101. The number of aliphatic hydroxyl groups is 1. The van der Waals surface area contributed by atoms with Gasteiger partial charge in [-0.15, -0.1) is 0 Å². The zero-order valence-corrected chi connectivity index (χ0v) is 12.2. The first-order valence-corrected chi connectivity index (χ1v) is 7.04. The number of nitrogens with two attached hydrogens (primary N) is 1. The van der Waals surface area contributed by atoms with E-state index in [1.807, 2.05) is 55.5 Å². The van der Waals surface area contributed by atoms with Gasteiger partial charge >= 0.3 is 0 Å². The Morgan fingerprint density at radius 2 is 1.81 bits per heavy atom. The third-order valence-electron chi connectivity index (χ3n) is 3.13. The lowest BCUT2D eigenvalue weighted by Crippen LogP contribution is -2.14. The summed E-state index contributed by atoms with van der Waals surface area (Å²) in [5.74, 6) is 1.32. The molecule has 21 heavy (non-hydrogen) atoms. The number of benzene rings is 2. The van der Waals surface area contributed by atoms with E-state index in [4.69, 9.17) is 20.3 Å². The van der Waals surface area contributed by atoms with Crippen LogP contribution in [0.15, 0.2) is 48.5 Å². The van der Waals surface area contributed by atoms with Gasteiger partial charge in [0.05, 0.1) is 19.3 Å². The number of hydrogen-bond donors (Lipinski definition) is 2. The SMILES string of the molecule is CCOc1cc([C@@H](N)CO)ccc1OCc1ccccc1. The molecule has 0 aliphatic carbocycles. The highest BCUT2D eigenvalue weighted by atomic mass is 16.5. The number of hydrogen-bond acceptors (Lipinski definition) is 4. The lowest BCUT2D eigenvalue weighted by atomic mass is 10.1. The van der Waals surface area contributed by atoms with Gasteiger partial charge in [-0.1, -0.05) is 36.4 Å². The molecule has 0 bridgehead atoms. The summed E-state index contributed by atoms with van der Waals surface area (Å²) in [4.78, 5) is 0.